The predicted molar refractivity (Wildman–Crippen MR) is 128 cm³/mol. The number of likely N-dealkylation sites (tertiary alicyclic amines) is 1. The number of benzene rings is 1. The van der Waals surface area contributed by atoms with Gasteiger partial charge in [0, 0.05) is 50.9 Å². The first-order valence-corrected chi connectivity index (χ1v) is 11.8. The minimum Gasteiger partial charge on any atom is -0.381 e. The monoisotopic (exact) mass is 461 g/mol. The zero-order chi connectivity index (χ0) is 23.4. The molecule has 1 N–H and O–H groups in total. The van der Waals surface area contributed by atoms with Crippen LogP contribution in [-0.2, 0) is 13.5 Å². The summed E-state index contributed by atoms with van der Waals surface area (Å²) in [5, 5.41) is 17.0. The van der Waals surface area contributed by atoms with Crippen molar-refractivity contribution in [3.8, 4) is 0 Å². The molecule has 2 fully saturated rings. The second-order valence-electron chi connectivity index (χ2n) is 10.2. The molecule has 2 aliphatic rings. The maximum absolute atomic E-state index is 14.2. The molecule has 0 bridgehead atoms. The first-order chi connectivity index (χ1) is 16.4. The summed E-state index contributed by atoms with van der Waals surface area (Å²) in [4.78, 5) is 15.0. The fourth-order valence-corrected chi connectivity index (χ4v) is 6.01. The van der Waals surface area contributed by atoms with Gasteiger partial charge in [-0.05, 0) is 48.6 Å². The Hall–Kier alpha value is -3.33. The van der Waals surface area contributed by atoms with Crippen LogP contribution >= 0.6 is 0 Å². The van der Waals surface area contributed by atoms with E-state index in [1.807, 2.05) is 13.1 Å². The fraction of sp³-hybridized carbons (Fsp3) is 0.440. The second-order valence-corrected chi connectivity index (χ2v) is 10.2. The number of fused-ring (bicyclic) bond motifs is 2. The molecule has 0 unspecified atom stereocenters. The van der Waals surface area contributed by atoms with Crippen molar-refractivity contribution in [1.29, 1.82) is 0 Å². The highest BCUT2D eigenvalue weighted by Gasteiger charge is 2.51. The van der Waals surface area contributed by atoms with E-state index in [1.54, 1.807) is 17.5 Å². The molecule has 3 aromatic heterocycles. The second kappa shape index (κ2) is 7.87. The average molecular weight is 462 g/mol. The number of nitrogens with one attached hydrogen (secondary N) is 1. The summed E-state index contributed by atoms with van der Waals surface area (Å²) in [6.07, 6.45) is 8.18. The van der Waals surface area contributed by atoms with Crippen molar-refractivity contribution in [3.05, 3.63) is 64.2 Å². The number of hydrogen-bond acceptors (Lipinski definition) is 6. The molecular weight excluding hydrogens is 433 g/mol. The van der Waals surface area contributed by atoms with E-state index in [9.17, 15) is 9.18 Å². The van der Waals surface area contributed by atoms with Gasteiger partial charge in [0.15, 0.2) is 11.5 Å². The molecular formula is C25H28FN7O. The Balaban J connectivity index is 1.01. The number of pyridine rings is 1. The molecule has 6 rings (SSSR count). The Kier molecular flexibility index (Phi) is 4.91. The molecule has 176 valence electrons. The van der Waals surface area contributed by atoms with Crippen LogP contribution < -0.4 is 10.9 Å². The smallest absolute Gasteiger partial charge is 0.274 e. The van der Waals surface area contributed by atoms with Crippen molar-refractivity contribution in [2.45, 2.75) is 26.2 Å². The highest BCUT2D eigenvalue weighted by Crippen LogP contribution is 2.53. The van der Waals surface area contributed by atoms with Crippen molar-refractivity contribution < 1.29 is 4.39 Å². The van der Waals surface area contributed by atoms with Gasteiger partial charge in [0.25, 0.3) is 5.56 Å². The van der Waals surface area contributed by atoms with Gasteiger partial charge in [-0.1, -0.05) is 12.1 Å². The normalized spacial score (nSPS) is 17.9. The third-order valence-electron chi connectivity index (χ3n) is 7.61. The fourth-order valence-electron chi connectivity index (χ4n) is 6.01. The van der Waals surface area contributed by atoms with Crippen LogP contribution in [0.15, 0.2) is 41.7 Å². The molecule has 1 aliphatic carbocycles. The Morgan fingerprint density at radius 1 is 1.26 bits per heavy atom. The standard InChI is InChI=1S/C25H28FN7O/c1-16-3-4-18(19-11-29-31(2)24(34)23(16)19)7-17-9-25(10-17)13-32(14-25)6-5-27-21-8-22-30-28-15-33(22)12-20(21)26/h3-4,8,11-12,15,17,27H,5-7,9-10,13-14H2,1-2H3. The lowest BCUT2D eigenvalue weighted by Gasteiger charge is -2.59. The van der Waals surface area contributed by atoms with Crippen molar-refractivity contribution in [2.24, 2.45) is 18.4 Å². The van der Waals surface area contributed by atoms with Crippen LogP contribution in [-0.4, -0.2) is 55.5 Å². The van der Waals surface area contributed by atoms with Crippen LogP contribution in [0, 0.1) is 24.1 Å². The summed E-state index contributed by atoms with van der Waals surface area (Å²) < 4.78 is 17.2. The zero-order valence-electron chi connectivity index (χ0n) is 19.5. The topological polar surface area (TPSA) is 80.3 Å². The van der Waals surface area contributed by atoms with E-state index < -0.39 is 0 Å². The Bertz CT molecular complexity index is 1450. The van der Waals surface area contributed by atoms with E-state index in [2.05, 4.69) is 37.6 Å². The minimum absolute atomic E-state index is 0.0218. The van der Waals surface area contributed by atoms with Crippen LogP contribution in [0.2, 0.25) is 0 Å². The lowest BCUT2D eigenvalue weighted by atomic mass is 9.56. The maximum Gasteiger partial charge on any atom is 0.274 e. The van der Waals surface area contributed by atoms with Crippen LogP contribution in [0.5, 0.6) is 0 Å². The molecule has 1 saturated heterocycles. The van der Waals surface area contributed by atoms with Crippen molar-refractivity contribution in [3.63, 3.8) is 0 Å². The van der Waals surface area contributed by atoms with Gasteiger partial charge in [-0.2, -0.15) is 5.10 Å². The first kappa shape index (κ1) is 21.2. The summed E-state index contributed by atoms with van der Waals surface area (Å²) in [5.41, 5.74) is 3.75. The van der Waals surface area contributed by atoms with Gasteiger partial charge >= 0.3 is 0 Å². The molecule has 1 aromatic carbocycles. The molecule has 1 aliphatic heterocycles. The van der Waals surface area contributed by atoms with Gasteiger partial charge in [0.1, 0.15) is 6.33 Å². The summed E-state index contributed by atoms with van der Waals surface area (Å²) >= 11 is 0. The minimum atomic E-state index is -0.300. The van der Waals surface area contributed by atoms with E-state index in [0.717, 1.165) is 42.4 Å². The molecule has 34 heavy (non-hydrogen) atoms. The third kappa shape index (κ3) is 3.55. The van der Waals surface area contributed by atoms with E-state index in [-0.39, 0.29) is 11.4 Å². The van der Waals surface area contributed by atoms with Crippen molar-refractivity contribution in [1.82, 2.24) is 29.3 Å². The Morgan fingerprint density at radius 3 is 2.91 bits per heavy atom. The van der Waals surface area contributed by atoms with Gasteiger partial charge in [-0.25, -0.2) is 9.07 Å². The molecule has 0 radical (unpaired) electrons. The van der Waals surface area contributed by atoms with Crippen LogP contribution in [0.4, 0.5) is 10.1 Å². The summed E-state index contributed by atoms with van der Waals surface area (Å²) in [6.45, 7) is 5.78. The summed E-state index contributed by atoms with van der Waals surface area (Å²) in [5.74, 6) is 0.352. The Labute approximate surface area is 196 Å². The first-order valence-electron chi connectivity index (χ1n) is 11.8. The highest BCUT2D eigenvalue weighted by atomic mass is 19.1. The van der Waals surface area contributed by atoms with Gasteiger partial charge in [-0.3, -0.25) is 9.20 Å². The van der Waals surface area contributed by atoms with E-state index in [0.29, 0.717) is 29.2 Å². The van der Waals surface area contributed by atoms with Crippen LogP contribution in [0.25, 0.3) is 16.4 Å². The lowest BCUT2D eigenvalue weighted by Crippen LogP contribution is -2.63. The van der Waals surface area contributed by atoms with Crippen molar-refractivity contribution in [2.75, 3.05) is 31.5 Å². The molecule has 0 atom stereocenters. The maximum atomic E-state index is 14.2. The number of aryl methyl sites for hydroxylation is 2. The van der Waals surface area contributed by atoms with Gasteiger partial charge in [0.2, 0.25) is 0 Å². The quantitative estimate of drug-likeness (QED) is 0.476. The number of nitrogens with zero attached hydrogens (tertiary/aromatic N) is 6. The predicted octanol–water partition coefficient (Wildman–Crippen LogP) is 2.79. The van der Waals surface area contributed by atoms with Crippen LogP contribution in [0.1, 0.15) is 24.0 Å². The summed E-state index contributed by atoms with van der Waals surface area (Å²) in [7, 11) is 1.70. The van der Waals surface area contributed by atoms with E-state index in [1.165, 1.54) is 35.6 Å². The molecule has 1 saturated carbocycles. The van der Waals surface area contributed by atoms with E-state index >= 15 is 0 Å². The Morgan fingerprint density at radius 2 is 2.09 bits per heavy atom. The van der Waals surface area contributed by atoms with E-state index in [4.69, 9.17) is 0 Å². The summed E-state index contributed by atoms with van der Waals surface area (Å²) in [6, 6.07) is 5.92. The number of hydrogen-bond donors (Lipinski definition) is 1. The molecule has 1 spiro atoms. The lowest BCUT2D eigenvalue weighted by molar-refractivity contribution is -0.0915. The van der Waals surface area contributed by atoms with Gasteiger partial charge in [0.05, 0.1) is 17.3 Å². The van der Waals surface area contributed by atoms with Crippen molar-refractivity contribution >= 4 is 22.1 Å². The van der Waals surface area contributed by atoms with Gasteiger partial charge in [-0.15, -0.1) is 10.2 Å². The molecule has 4 aromatic rings. The number of anilines is 1. The molecule has 0 amide bonds. The SMILES string of the molecule is Cc1ccc(CC2CC3(C2)CN(CCNc2cc4nncn4cc2F)C3)c2cnn(C)c(=O)c12. The molecule has 9 heteroatoms. The number of rotatable bonds is 6. The molecule has 4 heterocycles. The van der Waals surface area contributed by atoms with Crippen LogP contribution in [0.3, 0.4) is 0 Å². The number of aromatic nitrogens is 5. The number of halogens is 1. The largest absolute Gasteiger partial charge is 0.381 e. The zero-order valence-corrected chi connectivity index (χ0v) is 19.5. The van der Waals surface area contributed by atoms with Gasteiger partial charge < -0.3 is 10.2 Å². The average Bonchev–Trinajstić information content (AvgIpc) is 3.21. The highest BCUT2D eigenvalue weighted by molar-refractivity contribution is 5.87. The molecule has 8 nitrogen and oxygen atoms in total. The third-order valence-corrected chi connectivity index (χ3v) is 7.61.